The molecule has 3 amide bonds. The first kappa shape index (κ1) is 50.7. The van der Waals surface area contributed by atoms with E-state index in [1.165, 1.54) is 23.1 Å². The van der Waals surface area contributed by atoms with Gasteiger partial charge in [0.25, 0.3) is 0 Å². The number of β-lactam (4-membered cyclic amide) rings is 1. The molecule has 4 aromatic carbocycles. The van der Waals surface area contributed by atoms with Crippen LogP contribution in [0.1, 0.15) is 55.6 Å². The maximum absolute atomic E-state index is 15.4. The molecule has 0 unspecified atom stereocenters. The number of hydrogen-bond donors (Lipinski definition) is 2. The highest BCUT2D eigenvalue weighted by atomic mass is 31.2. The van der Waals surface area contributed by atoms with Gasteiger partial charge in [0.15, 0.2) is 14.1 Å². The highest BCUT2D eigenvalue weighted by molar-refractivity contribution is 7.96. The van der Waals surface area contributed by atoms with Gasteiger partial charge >= 0.3 is 12.1 Å². The molecule has 1 aromatic heterocycles. The summed E-state index contributed by atoms with van der Waals surface area (Å²) in [5, 5.41) is 7.80. The Kier molecular flexibility index (Phi) is 16.7. The Bertz CT molecular complexity index is 2570. The molecule has 6 rings (SSSR count). The van der Waals surface area contributed by atoms with Crippen molar-refractivity contribution in [2.45, 2.75) is 77.4 Å². The summed E-state index contributed by atoms with van der Waals surface area (Å²) in [5.74, 6) is -2.62. The van der Waals surface area contributed by atoms with Crippen LogP contribution in [0.25, 0.3) is 0 Å². The molecule has 2 heterocycles. The van der Waals surface area contributed by atoms with Crippen molar-refractivity contribution in [3.8, 4) is 0 Å². The monoisotopic (exact) mass is 952 g/mol. The molecule has 5 aromatic rings. The van der Waals surface area contributed by atoms with E-state index in [4.69, 9.17) is 13.9 Å². The second-order valence-corrected chi connectivity index (χ2v) is 26.2. The normalized spacial score (nSPS) is 15.3. The third-order valence-corrected chi connectivity index (χ3v) is 21.4. The number of rotatable bonds is 20. The van der Waals surface area contributed by atoms with Crippen LogP contribution in [0.4, 0.5) is 10.5 Å². The molecule has 0 radical (unpaired) electrons. The Hall–Kier alpha value is -6.66. The largest absolute Gasteiger partial charge is 0.457 e. The zero-order valence-corrected chi connectivity index (χ0v) is 41.5. The van der Waals surface area contributed by atoms with Crippen LogP contribution >= 0.6 is 6.89 Å². The third-order valence-electron chi connectivity index (χ3n) is 12.5. The first-order chi connectivity index (χ1) is 32.5. The maximum atomic E-state index is 15.4. The minimum Gasteiger partial charge on any atom is -0.457 e. The summed E-state index contributed by atoms with van der Waals surface area (Å²) in [4.78, 5) is 77.4. The van der Waals surface area contributed by atoms with Crippen LogP contribution in [0.2, 0.25) is 18.1 Å². The molecule has 0 saturated carbocycles. The second kappa shape index (κ2) is 22.4. The van der Waals surface area contributed by atoms with E-state index >= 15 is 9.59 Å². The molecule has 1 aliphatic heterocycles. The molecule has 3 atom stereocenters. The number of anilines is 1. The smallest absolute Gasteiger partial charge is 0.411 e. The summed E-state index contributed by atoms with van der Waals surface area (Å²) in [5.41, 5.74) is 1.81. The van der Waals surface area contributed by atoms with Crippen LogP contribution < -0.4 is 26.5 Å². The number of carbonyl (C=O) groups is 5. The van der Waals surface area contributed by atoms with Crippen LogP contribution in [0, 0.1) is 5.92 Å². The molecule has 68 heavy (non-hydrogen) atoms. The van der Waals surface area contributed by atoms with Crippen LogP contribution in [0.3, 0.4) is 0 Å². The Morgan fingerprint density at radius 1 is 0.809 bits per heavy atom. The van der Waals surface area contributed by atoms with Gasteiger partial charge in [0.05, 0.1) is 24.5 Å². The van der Waals surface area contributed by atoms with Crippen molar-refractivity contribution in [3.05, 3.63) is 176 Å². The predicted molar refractivity (Wildman–Crippen MR) is 274 cm³/mol. The van der Waals surface area contributed by atoms with Gasteiger partial charge in [0.1, 0.15) is 18.6 Å². The molecular formula is C54H61N4O8PSi. The SMILES string of the molecule is C=CCOC(=O)Nc1cc(C(=O)C[C@@H]2[C@@H]([C@@H](C)O[Si](C)(C)C(C)(C)C)C(=O)N2C(C(=O)OCC=C)=P(c2ccccc2)(c2ccccc2)c2ccccc2)ccc1CC(=O)NCc1ccncc1. The number of aromatic nitrogens is 1. The fourth-order valence-corrected chi connectivity index (χ4v) is 14.0. The predicted octanol–water partition coefficient (Wildman–Crippen LogP) is 8.34. The van der Waals surface area contributed by atoms with E-state index in [2.05, 4.69) is 62.6 Å². The lowest BCUT2D eigenvalue weighted by Crippen LogP contribution is -2.69. The van der Waals surface area contributed by atoms with E-state index < -0.39 is 45.3 Å². The van der Waals surface area contributed by atoms with Crippen molar-refractivity contribution in [2.75, 3.05) is 18.5 Å². The molecule has 2 N–H and O–H groups in total. The molecule has 1 saturated heterocycles. The Morgan fingerprint density at radius 3 is 1.88 bits per heavy atom. The van der Waals surface area contributed by atoms with E-state index in [9.17, 15) is 14.4 Å². The average molecular weight is 953 g/mol. The zero-order chi connectivity index (χ0) is 49.1. The van der Waals surface area contributed by atoms with Crippen molar-refractivity contribution >= 4 is 71.9 Å². The fourth-order valence-electron chi connectivity index (χ4n) is 8.19. The number of carbonyl (C=O) groups excluding carboxylic acids is 5. The van der Waals surface area contributed by atoms with Crippen molar-refractivity contribution in [3.63, 3.8) is 0 Å². The van der Waals surface area contributed by atoms with Crippen molar-refractivity contribution in [2.24, 2.45) is 5.92 Å². The Balaban J connectivity index is 1.52. The number of esters is 1. The molecular weight excluding hydrogens is 892 g/mol. The Morgan fingerprint density at radius 2 is 1.35 bits per heavy atom. The maximum Gasteiger partial charge on any atom is 0.411 e. The van der Waals surface area contributed by atoms with E-state index in [-0.39, 0.29) is 71.9 Å². The number of nitrogens with zero attached hydrogens (tertiary/aromatic N) is 2. The summed E-state index contributed by atoms with van der Waals surface area (Å²) in [6, 6.07) is 36.4. The average Bonchev–Trinajstić information content (AvgIpc) is 3.33. The first-order valence-electron chi connectivity index (χ1n) is 22.6. The molecule has 14 heteroatoms. The number of nitrogens with one attached hydrogen (secondary N) is 2. The summed E-state index contributed by atoms with van der Waals surface area (Å²) < 4.78 is 18.2. The number of amides is 3. The van der Waals surface area contributed by atoms with E-state index in [0.717, 1.165) is 21.5 Å². The summed E-state index contributed by atoms with van der Waals surface area (Å²) >= 11 is 0. The van der Waals surface area contributed by atoms with Crippen LogP contribution in [-0.2, 0) is 41.2 Å². The van der Waals surface area contributed by atoms with E-state index in [0.29, 0.717) is 5.56 Å². The topological polar surface area (TPSA) is 153 Å². The number of likely N-dealkylation sites (tertiary alicyclic amines) is 1. The molecule has 0 spiro atoms. The van der Waals surface area contributed by atoms with E-state index in [1.807, 2.05) is 97.9 Å². The summed E-state index contributed by atoms with van der Waals surface area (Å²) in [6.07, 6.45) is 4.37. The number of Topliss-reactive ketones (excluding diaryl/α,β-unsaturated/α-hetero) is 1. The number of hydrogen-bond acceptors (Lipinski definition) is 9. The van der Waals surface area contributed by atoms with Gasteiger partial charge in [-0.2, -0.15) is 0 Å². The van der Waals surface area contributed by atoms with Gasteiger partial charge in [-0.15, -0.1) is 0 Å². The van der Waals surface area contributed by atoms with Gasteiger partial charge < -0.3 is 24.1 Å². The fraction of sp³-hybridized carbons (Fsp3) is 0.278. The van der Waals surface area contributed by atoms with Gasteiger partial charge in [-0.05, 0) is 70.3 Å². The molecule has 1 aliphatic rings. The standard InChI is InChI=1S/C54H61N4O8PSi/c1-9-32-64-52(62)51(67(42-20-14-11-15-21-42,43-22-16-12-17-23-43)44-24-18-13-19-25-44)58-46(49(50(58)61)38(3)66-68(7,8)54(4,5)6)36-47(59)41-27-26-40(45(34-41)57-53(63)65-33-10-2)35-48(60)56-37-39-28-30-55-31-29-39/h9-31,34,38,46,49H,1-2,32-33,35-37H2,3-8H3,(H,56,60)(H,57,63)/t38-,46-,49-/m1/s1. The van der Waals surface area contributed by atoms with Crippen molar-refractivity contribution in [1.82, 2.24) is 15.2 Å². The van der Waals surface area contributed by atoms with Gasteiger partial charge in [0.2, 0.25) is 11.8 Å². The van der Waals surface area contributed by atoms with Gasteiger partial charge in [-0.25, -0.2) is 9.59 Å². The van der Waals surface area contributed by atoms with Gasteiger partial charge in [0, 0.05) is 43.5 Å². The van der Waals surface area contributed by atoms with Gasteiger partial charge in [-0.3, -0.25) is 24.7 Å². The van der Waals surface area contributed by atoms with Gasteiger partial charge in [-0.1, -0.05) is 149 Å². The quantitative estimate of drug-likeness (QED) is 0.0196. The van der Waals surface area contributed by atoms with E-state index in [1.54, 1.807) is 36.7 Å². The van der Waals surface area contributed by atoms with Crippen molar-refractivity contribution < 1.29 is 37.9 Å². The molecule has 0 aliphatic carbocycles. The highest BCUT2D eigenvalue weighted by Crippen LogP contribution is 2.51. The lowest BCUT2D eigenvalue weighted by atomic mass is 9.79. The number of ether oxygens (including phenoxy) is 2. The summed E-state index contributed by atoms with van der Waals surface area (Å²) in [7, 11) is -2.49. The molecule has 0 bridgehead atoms. The van der Waals surface area contributed by atoms with Crippen LogP contribution in [0.5, 0.6) is 0 Å². The minimum atomic E-state index is -3.31. The summed E-state index contributed by atoms with van der Waals surface area (Å²) in [6.45, 7) is 16.6. The third kappa shape index (κ3) is 11.4. The highest BCUT2D eigenvalue weighted by Gasteiger charge is 2.57. The minimum absolute atomic E-state index is 0.0680. The number of ketones is 1. The Labute approximate surface area is 400 Å². The zero-order valence-electron chi connectivity index (χ0n) is 39.6. The second-order valence-electron chi connectivity index (χ2n) is 18.1. The molecule has 12 nitrogen and oxygen atoms in total. The molecule has 354 valence electrons. The first-order valence-corrected chi connectivity index (χ1v) is 27.3. The van der Waals surface area contributed by atoms with Crippen LogP contribution in [0.15, 0.2) is 159 Å². The number of pyridine rings is 1. The molecule has 1 fully saturated rings. The van der Waals surface area contributed by atoms with Crippen molar-refractivity contribution in [1.29, 1.82) is 0 Å². The number of benzene rings is 4. The lowest BCUT2D eigenvalue weighted by Gasteiger charge is -2.53. The lowest BCUT2D eigenvalue weighted by molar-refractivity contribution is -0.156. The van der Waals surface area contributed by atoms with Crippen LogP contribution in [-0.4, -0.2) is 78.6 Å².